The van der Waals surface area contributed by atoms with E-state index >= 15 is 0 Å². The van der Waals surface area contributed by atoms with Gasteiger partial charge < -0.3 is 9.16 Å². The number of alkyl halides is 3. The second-order valence-electron chi connectivity index (χ2n) is 7.98. The van der Waals surface area contributed by atoms with Crippen LogP contribution in [-0.4, -0.2) is 49.6 Å². The Morgan fingerprint density at radius 2 is 1.42 bits per heavy atom. The molecule has 0 aliphatic carbocycles. The summed E-state index contributed by atoms with van der Waals surface area (Å²) in [6, 6.07) is -2.30. The number of likely N-dealkylation sites (tertiary alicyclic amines) is 1. The molecule has 1 fully saturated rings. The van der Waals surface area contributed by atoms with Gasteiger partial charge in [0.15, 0.2) is 12.1 Å². The number of nitrogens with zero attached hydrogens (tertiary/aromatic N) is 1. The molecule has 0 N–H and O–H groups in total. The molecular formula is C17H30F3NO4Si. The second kappa shape index (κ2) is 7.88. The highest BCUT2D eigenvalue weighted by Gasteiger charge is 2.67. The van der Waals surface area contributed by atoms with Crippen molar-refractivity contribution in [3.05, 3.63) is 0 Å². The monoisotopic (exact) mass is 397 g/mol. The molecule has 1 aliphatic rings. The summed E-state index contributed by atoms with van der Waals surface area (Å²) < 4.78 is 51.6. The zero-order valence-corrected chi connectivity index (χ0v) is 17.7. The molecule has 0 aromatic carbocycles. The fraction of sp³-hybridized carbons (Fsp3) is 0.882. The fourth-order valence-electron chi connectivity index (χ4n) is 3.99. The second-order valence-corrected chi connectivity index (χ2v) is 13.4. The van der Waals surface area contributed by atoms with Gasteiger partial charge in [0, 0.05) is 0 Å². The van der Waals surface area contributed by atoms with E-state index in [1.54, 1.807) is 0 Å². The summed E-state index contributed by atoms with van der Waals surface area (Å²) in [6.45, 7) is 14.5. The Hall–Kier alpha value is -1.09. The number of hydrogen-bond donors (Lipinski definition) is 0. The first-order valence-corrected chi connectivity index (χ1v) is 11.1. The molecule has 1 heterocycles. The number of β-lactam (4-membered cyclic amide) rings is 1. The van der Waals surface area contributed by atoms with Gasteiger partial charge in [0.2, 0.25) is 8.32 Å². The van der Waals surface area contributed by atoms with Crippen molar-refractivity contribution >= 4 is 20.3 Å². The van der Waals surface area contributed by atoms with Gasteiger partial charge in [-0.2, -0.15) is 13.2 Å². The average molecular weight is 398 g/mol. The Kier molecular flexibility index (Phi) is 6.95. The first-order valence-electron chi connectivity index (χ1n) is 8.96. The SMILES string of the molecule is CC(C)OC(=O)N1C(=O)[C@H](O[Si](C(C)C)(C(C)C)C(C)C)[C@@H]1C(F)(F)F. The van der Waals surface area contributed by atoms with E-state index < -0.39 is 44.7 Å². The predicted molar refractivity (Wildman–Crippen MR) is 94.2 cm³/mol. The number of halogens is 3. The number of amides is 2. The van der Waals surface area contributed by atoms with Crippen LogP contribution in [0.3, 0.4) is 0 Å². The van der Waals surface area contributed by atoms with Gasteiger partial charge in [-0.3, -0.25) is 4.79 Å². The molecule has 0 radical (unpaired) electrons. The molecule has 0 unspecified atom stereocenters. The first-order chi connectivity index (χ1) is 11.7. The van der Waals surface area contributed by atoms with E-state index in [-0.39, 0.29) is 21.5 Å². The first kappa shape index (κ1) is 22.9. The molecule has 1 saturated heterocycles. The minimum absolute atomic E-state index is 0.0147. The van der Waals surface area contributed by atoms with Crippen LogP contribution in [0.4, 0.5) is 18.0 Å². The van der Waals surface area contributed by atoms with E-state index in [2.05, 4.69) is 0 Å². The van der Waals surface area contributed by atoms with E-state index in [0.29, 0.717) is 0 Å². The predicted octanol–water partition coefficient (Wildman–Crippen LogP) is 4.87. The summed E-state index contributed by atoms with van der Waals surface area (Å²) in [6.07, 6.45) is -8.37. The molecule has 2 atom stereocenters. The third-order valence-corrected chi connectivity index (χ3v) is 11.0. The van der Waals surface area contributed by atoms with Gasteiger partial charge in [-0.1, -0.05) is 41.5 Å². The molecular weight excluding hydrogens is 367 g/mol. The van der Waals surface area contributed by atoms with Crippen molar-refractivity contribution in [3.63, 3.8) is 0 Å². The highest BCUT2D eigenvalue weighted by Crippen LogP contribution is 2.47. The largest absolute Gasteiger partial charge is 0.446 e. The zero-order chi connectivity index (χ0) is 20.6. The van der Waals surface area contributed by atoms with E-state index in [1.165, 1.54) is 13.8 Å². The van der Waals surface area contributed by atoms with Crippen LogP contribution in [0.5, 0.6) is 0 Å². The summed E-state index contributed by atoms with van der Waals surface area (Å²) in [7, 11) is -2.72. The van der Waals surface area contributed by atoms with Crippen molar-refractivity contribution in [1.29, 1.82) is 0 Å². The highest BCUT2D eigenvalue weighted by molar-refractivity contribution is 6.77. The van der Waals surface area contributed by atoms with Crippen molar-refractivity contribution in [2.45, 2.75) is 96.4 Å². The third-order valence-electron chi connectivity index (χ3n) is 4.95. The van der Waals surface area contributed by atoms with E-state index in [0.717, 1.165) is 0 Å². The zero-order valence-electron chi connectivity index (χ0n) is 16.7. The van der Waals surface area contributed by atoms with E-state index in [4.69, 9.17) is 9.16 Å². The molecule has 0 saturated carbocycles. The number of ether oxygens (including phenoxy) is 1. The molecule has 9 heteroatoms. The Labute approximate surface area is 154 Å². The van der Waals surface area contributed by atoms with Crippen LogP contribution < -0.4 is 0 Å². The molecule has 0 aromatic rings. The van der Waals surface area contributed by atoms with Gasteiger partial charge in [0.25, 0.3) is 5.91 Å². The van der Waals surface area contributed by atoms with Crippen LogP contribution in [0.1, 0.15) is 55.4 Å². The normalized spacial score (nSPS) is 21.8. The smallest absolute Gasteiger partial charge is 0.417 e. The molecule has 1 rings (SSSR count). The standard InChI is InChI=1S/C17H30F3NO4Si/c1-9(2)24-16(23)21-14(17(18,19)20)13(15(21)22)25-26(10(3)4,11(5)6)12(7)8/h9-14H,1-8H3/t13-,14-/m1/s1. The maximum Gasteiger partial charge on any atom is 0.417 e. The lowest BCUT2D eigenvalue weighted by Gasteiger charge is -2.51. The van der Waals surface area contributed by atoms with Crippen molar-refractivity contribution in [2.75, 3.05) is 0 Å². The van der Waals surface area contributed by atoms with Gasteiger partial charge in [-0.05, 0) is 30.5 Å². The summed E-state index contributed by atoms with van der Waals surface area (Å²) in [4.78, 5) is 24.5. The van der Waals surface area contributed by atoms with Crippen LogP contribution in [0.15, 0.2) is 0 Å². The molecule has 152 valence electrons. The Morgan fingerprint density at radius 1 is 1.00 bits per heavy atom. The molecule has 0 bridgehead atoms. The molecule has 0 aromatic heterocycles. The van der Waals surface area contributed by atoms with Gasteiger partial charge in [0.05, 0.1) is 6.10 Å². The topological polar surface area (TPSA) is 55.8 Å². The molecule has 5 nitrogen and oxygen atoms in total. The van der Waals surface area contributed by atoms with Crippen LogP contribution in [0, 0.1) is 0 Å². The summed E-state index contributed by atoms with van der Waals surface area (Å²) >= 11 is 0. The summed E-state index contributed by atoms with van der Waals surface area (Å²) in [5.41, 5.74) is 0.0440. The number of carbonyl (C=O) groups is 2. The maximum absolute atomic E-state index is 13.6. The van der Waals surface area contributed by atoms with Gasteiger partial charge in [-0.15, -0.1) is 0 Å². The lowest BCUT2D eigenvalue weighted by Crippen LogP contribution is -2.75. The van der Waals surface area contributed by atoms with E-state index in [9.17, 15) is 22.8 Å². The van der Waals surface area contributed by atoms with Crippen LogP contribution >= 0.6 is 0 Å². The Morgan fingerprint density at radius 3 is 1.73 bits per heavy atom. The number of imide groups is 1. The third kappa shape index (κ3) is 4.08. The van der Waals surface area contributed by atoms with Crippen LogP contribution in [-0.2, 0) is 14.0 Å². The van der Waals surface area contributed by atoms with Gasteiger partial charge in [0.1, 0.15) is 0 Å². The molecule has 0 spiro atoms. The number of hydrogen-bond acceptors (Lipinski definition) is 4. The maximum atomic E-state index is 13.6. The minimum Gasteiger partial charge on any atom is -0.446 e. The lowest BCUT2D eigenvalue weighted by molar-refractivity contribution is -0.233. The van der Waals surface area contributed by atoms with Crippen molar-refractivity contribution in [2.24, 2.45) is 0 Å². The molecule has 26 heavy (non-hydrogen) atoms. The summed E-state index contributed by atoms with van der Waals surface area (Å²) in [5.74, 6) is -0.975. The fourth-order valence-corrected chi connectivity index (χ4v) is 9.47. The van der Waals surface area contributed by atoms with Gasteiger partial charge in [-0.25, -0.2) is 9.69 Å². The average Bonchev–Trinajstić information content (AvgIpc) is 2.41. The summed E-state index contributed by atoms with van der Waals surface area (Å²) in [5, 5.41) is 0. The quantitative estimate of drug-likeness (QED) is 0.474. The van der Waals surface area contributed by atoms with Crippen molar-refractivity contribution < 1.29 is 31.9 Å². The molecule has 2 amide bonds. The van der Waals surface area contributed by atoms with Gasteiger partial charge >= 0.3 is 12.3 Å². The minimum atomic E-state index is -4.78. The van der Waals surface area contributed by atoms with Crippen molar-refractivity contribution in [3.8, 4) is 0 Å². The number of carbonyl (C=O) groups excluding carboxylic acids is 2. The Balaban J connectivity index is 3.22. The Bertz CT molecular complexity index is 513. The van der Waals surface area contributed by atoms with Crippen LogP contribution in [0.2, 0.25) is 16.6 Å². The lowest BCUT2D eigenvalue weighted by atomic mass is 9.98. The van der Waals surface area contributed by atoms with Crippen LogP contribution in [0.25, 0.3) is 0 Å². The highest BCUT2D eigenvalue weighted by atomic mass is 28.4. The van der Waals surface area contributed by atoms with Crippen molar-refractivity contribution in [1.82, 2.24) is 4.90 Å². The number of rotatable bonds is 6. The van der Waals surface area contributed by atoms with E-state index in [1.807, 2.05) is 41.5 Å². The molecule has 1 aliphatic heterocycles.